The zero-order chi connectivity index (χ0) is 34.0. The molecule has 0 spiro atoms. The Balaban J connectivity index is 1.08. The van der Waals surface area contributed by atoms with E-state index in [1.54, 1.807) is 17.0 Å². The number of carbonyl (C=O) groups is 3. The zero-order valence-electron chi connectivity index (χ0n) is 27.7. The smallest absolute Gasteiger partial charge is 0.410 e. The average Bonchev–Trinajstić information content (AvgIpc) is 3.24. The van der Waals surface area contributed by atoms with E-state index in [0.717, 1.165) is 56.4 Å². The molecule has 4 amide bonds. The summed E-state index contributed by atoms with van der Waals surface area (Å²) in [6.45, 7) is 6.67. The second-order valence-corrected chi connectivity index (χ2v) is 14.9. The molecule has 4 heterocycles. The van der Waals surface area contributed by atoms with Gasteiger partial charge in [0.25, 0.3) is 5.91 Å². The minimum atomic E-state index is -1.05. The quantitative estimate of drug-likeness (QED) is 0.390. The number of rotatable bonds is 6. The molecule has 11 nitrogen and oxygen atoms in total. The lowest BCUT2D eigenvalue weighted by molar-refractivity contribution is -0.142. The molecule has 48 heavy (non-hydrogen) atoms. The van der Waals surface area contributed by atoms with Crippen molar-refractivity contribution in [3.63, 3.8) is 0 Å². The SMILES string of the molecule is [B]c1cc(C[C@@H](OC(=O)N2CCC(N3CCc4ccccc4NC3=O)CC2)C(=O)N2CCC(N3CCC(C)(N)CC3)CC2)cc(Br)c1O. The van der Waals surface area contributed by atoms with E-state index in [1.165, 1.54) is 0 Å². The minimum absolute atomic E-state index is 0.00193. The van der Waals surface area contributed by atoms with Crippen LogP contribution in [0.5, 0.6) is 5.75 Å². The first kappa shape index (κ1) is 34.6. The van der Waals surface area contributed by atoms with Gasteiger partial charge in [-0.2, -0.15) is 0 Å². The molecular formula is C35H46BBrN6O5. The number of halogens is 1. The van der Waals surface area contributed by atoms with Crippen molar-refractivity contribution in [1.82, 2.24) is 19.6 Å². The van der Waals surface area contributed by atoms with Crippen LogP contribution in [0, 0.1) is 0 Å². The van der Waals surface area contributed by atoms with Crippen molar-refractivity contribution in [2.75, 3.05) is 51.1 Å². The second kappa shape index (κ2) is 14.7. The monoisotopic (exact) mass is 720 g/mol. The average molecular weight is 722 g/mol. The van der Waals surface area contributed by atoms with Crippen molar-refractivity contribution in [3.8, 4) is 5.75 Å². The number of hydrogen-bond donors (Lipinski definition) is 3. The minimum Gasteiger partial charge on any atom is -0.507 e. The number of piperidine rings is 3. The fourth-order valence-electron chi connectivity index (χ4n) is 7.54. The van der Waals surface area contributed by atoms with Crippen LogP contribution >= 0.6 is 15.9 Å². The molecule has 4 N–H and O–H groups in total. The van der Waals surface area contributed by atoms with E-state index in [4.69, 9.17) is 18.3 Å². The number of likely N-dealkylation sites (tertiary alicyclic amines) is 3. The van der Waals surface area contributed by atoms with Crippen LogP contribution in [0.2, 0.25) is 0 Å². The number of phenols is 1. The van der Waals surface area contributed by atoms with E-state index < -0.39 is 12.2 Å². The predicted molar refractivity (Wildman–Crippen MR) is 189 cm³/mol. The summed E-state index contributed by atoms with van der Waals surface area (Å²) in [4.78, 5) is 48.5. The lowest BCUT2D eigenvalue weighted by atomic mass is 9.89. The summed E-state index contributed by atoms with van der Waals surface area (Å²) in [7, 11) is 6.02. The second-order valence-electron chi connectivity index (χ2n) is 14.1. The number of nitrogens with one attached hydrogen (secondary N) is 1. The number of hydrogen-bond acceptors (Lipinski definition) is 7. The molecule has 3 fully saturated rings. The van der Waals surface area contributed by atoms with Gasteiger partial charge >= 0.3 is 12.1 Å². The van der Waals surface area contributed by atoms with Crippen molar-refractivity contribution in [2.24, 2.45) is 5.73 Å². The number of phenolic OH excluding ortho intramolecular Hbond substituents is 1. The van der Waals surface area contributed by atoms with Gasteiger partial charge in [-0.25, -0.2) is 9.59 Å². The molecule has 4 aliphatic heterocycles. The normalized spacial score (nSPS) is 21.6. The van der Waals surface area contributed by atoms with Crippen molar-refractivity contribution in [2.45, 2.75) is 82.0 Å². The highest BCUT2D eigenvalue weighted by Crippen LogP contribution is 2.28. The molecule has 4 aliphatic rings. The topological polar surface area (TPSA) is 132 Å². The number of ether oxygens (including phenoxy) is 1. The number of urea groups is 1. The zero-order valence-corrected chi connectivity index (χ0v) is 29.3. The molecule has 6 rings (SSSR count). The van der Waals surface area contributed by atoms with Gasteiger partial charge in [0, 0.05) is 75.5 Å². The highest BCUT2D eigenvalue weighted by Gasteiger charge is 2.37. The van der Waals surface area contributed by atoms with Crippen LogP contribution in [0.4, 0.5) is 15.3 Å². The maximum Gasteiger partial charge on any atom is 0.410 e. The van der Waals surface area contributed by atoms with Gasteiger partial charge in [-0.15, -0.1) is 0 Å². The van der Waals surface area contributed by atoms with Crippen LogP contribution in [0.15, 0.2) is 40.9 Å². The fraction of sp³-hybridized carbons (Fsp3) is 0.571. The van der Waals surface area contributed by atoms with E-state index in [0.29, 0.717) is 61.6 Å². The Bertz CT molecular complexity index is 1480. The highest BCUT2D eigenvalue weighted by molar-refractivity contribution is 9.10. The Hall–Kier alpha value is -3.29. The molecule has 0 unspecified atom stereocenters. The number of amides is 4. The Kier molecular flexibility index (Phi) is 10.6. The highest BCUT2D eigenvalue weighted by atomic mass is 79.9. The summed E-state index contributed by atoms with van der Waals surface area (Å²) in [5.74, 6) is -0.299. The fourth-order valence-corrected chi connectivity index (χ4v) is 8.06. The first-order valence-corrected chi connectivity index (χ1v) is 18.0. The van der Waals surface area contributed by atoms with Crippen LogP contribution in [-0.2, 0) is 22.4 Å². The van der Waals surface area contributed by atoms with Gasteiger partial charge in [0.15, 0.2) is 6.10 Å². The lowest BCUT2D eigenvalue weighted by Crippen LogP contribution is -2.55. The largest absolute Gasteiger partial charge is 0.507 e. The third kappa shape index (κ3) is 7.95. The van der Waals surface area contributed by atoms with Gasteiger partial charge in [0.05, 0.1) is 4.47 Å². The number of aromatic hydroxyl groups is 1. The van der Waals surface area contributed by atoms with Crippen LogP contribution in [-0.4, -0.2) is 120 Å². The molecule has 2 aromatic carbocycles. The van der Waals surface area contributed by atoms with Gasteiger partial charge < -0.3 is 40.5 Å². The number of anilines is 1. The summed E-state index contributed by atoms with van der Waals surface area (Å²) < 4.78 is 6.42. The molecule has 1 atom stereocenters. The van der Waals surface area contributed by atoms with E-state index >= 15 is 0 Å². The molecule has 0 bridgehead atoms. The number of nitrogens with zero attached hydrogens (tertiary/aromatic N) is 4. The third-order valence-corrected chi connectivity index (χ3v) is 11.2. The van der Waals surface area contributed by atoms with Gasteiger partial charge in [-0.1, -0.05) is 29.7 Å². The van der Waals surface area contributed by atoms with Crippen LogP contribution in [0.1, 0.15) is 56.6 Å². The molecule has 0 aliphatic carbocycles. The molecule has 13 heteroatoms. The van der Waals surface area contributed by atoms with Crippen LogP contribution in [0.25, 0.3) is 0 Å². The van der Waals surface area contributed by atoms with Gasteiger partial charge in [-0.3, -0.25) is 4.79 Å². The third-order valence-electron chi connectivity index (χ3n) is 10.6. The number of carbonyl (C=O) groups excluding carboxylic acids is 3. The van der Waals surface area contributed by atoms with Crippen molar-refractivity contribution in [1.29, 1.82) is 0 Å². The molecule has 256 valence electrons. The maximum absolute atomic E-state index is 14.0. The van der Waals surface area contributed by atoms with Crippen molar-refractivity contribution >= 4 is 53.0 Å². The summed E-state index contributed by atoms with van der Waals surface area (Å²) in [5, 5.41) is 13.2. The van der Waals surface area contributed by atoms with E-state index in [-0.39, 0.29) is 41.2 Å². The number of fused-ring (bicyclic) bond motifs is 1. The lowest BCUT2D eigenvalue weighted by Gasteiger charge is -2.44. The Labute approximate surface area is 292 Å². The number of benzene rings is 2. The summed E-state index contributed by atoms with van der Waals surface area (Å²) in [5.41, 5.74) is 9.04. The van der Waals surface area contributed by atoms with Gasteiger partial charge in [-0.05, 0) is 91.1 Å². The molecule has 2 radical (unpaired) electrons. The molecule has 0 aromatic heterocycles. The van der Waals surface area contributed by atoms with E-state index in [2.05, 4.69) is 33.1 Å². The van der Waals surface area contributed by atoms with Gasteiger partial charge in [0.1, 0.15) is 13.6 Å². The van der Waals surface area contributed by atoms with E-state index in [1.807, 2.05) is 34.1 Å². The van der Waals surface area contributed by atoms with E-state index in [9.17, 15) is 19.5 Å². The standard InChI is InChI=1S/C35H46BBrN6O5/c1-35(38)11-18-40(19-12-35)25-7-13-41(14-8-25)32(45)30(22-23-20-27(36)31(44)28(37)21-23)48-34(47)42-15-9-26(10-16-42)43-17-6-24-4-2-3-5-29(24)39-33(43)46/h2-5,20-21,25-26,30,44H,6-19,22,38H2,1H3,(H,39,46)/t30-/m1/s1. The van der Waals surface area contributed by atoms with Crippen LogP contribution in [0.3, 0.4) is 0 Å². The molecule has 0 saturated carbocycles. The molecular weight excluding hydrogens is 675 g/mol. The predicted octanol–water partition coefficient (Wildman–Crippen LogP) is 3.36. The molecule has 2 aromatic rings. The Morgan fingerprint density at radius 1 is 1.02 bits per heavy atom. The summed E-state index contributed by atoms with van der Waals surface area (Å²) in [6, 6.07) is 11.4. The molecule has 3 saturated heterocycles. The summed E-state index contributed by atoms with van der Waals surface area (Å²) >= 11 is 3.33. The Morgan fingerprint density at radius 3 is 2.35 bits per heavy atom. The van der Waals surface area contributed by atoms with Crippen LogP contribution < -0.4 is 16.5 Å². The summed E-state index contributed by atoms with van der Waals surface area (Å²) in [6.07, 6.45) is 4.17. The van der Waals surface area contributed by atoms with Gasteiger partial charge in [0.2, 0.25) is 0 Å². The van der Waals surface area contributed by atoms with Crippen molar-refractivity contribution < 1.29 is 24.2 Å². The number of nitrogens with two attached hydrogens (primary N) is 1. The Morgan fingerprint density at radius 2 is 1.67 bits per heavy atom. The van der Waals surface area contributed by atoms with Crippen molar-refractivity contribution in [3.05, 3.63) is 52.0 Å². The first-order valence-electron chi connectivity index (χ1n) is 17.2. The first-order chi connectivity index (χ1) is 23.0. The number of para-hydroxylation sites is 1. The maximum atomic E-state index is 14.0.